The van der Waals surface area contributed by atoms with Crippen LogP contribution in [0.3, 0.4) is 0 Å². The van der Waals surface area contributed by atoms with Gasteiger partial charge < -0.3 is 24.4 Å². The number of hydrogen-bond acceptors (Lipinski definition) is 7. The van der Waals surface area contributed by atoms with Gasteiger partial charge in [-0.3, -0.25) is 19.5 Å². The highest BCUT2D eigenvalue weighted by Crippen LogP contribution is 2.29. The van der Waals surface area contributed by atoms with Crippen LogP contribution in [-0.4, -0.2) is 73.6 Å². The van der Waals surface area contributed by atoms with Crippen LogP contribution >= 0.6 is 0 Å². The summed E-state index contributed by atoms with van der Waals surface area (Å²) in [5, 5.41) is 2.76. The van der Waals surface area contributed by atoms with E-state index >= 15 is 0 Å². The van der Waals surface area contributed by atoms with E-state index < -0.39 is 0 Å². The van der Waals surface area contributed by atoms with Crippen LogP contribution in [0.5, 0.6) is 17.2 Å². The molecule has 0 atom stereocenters. The number of benzene rings is 2. The number of nitrogens with one attached hydrogen (secondary N) is 1. The molecule has 1 aromatic heterocycles. The van der Waals surface area contributed by atoms with Crippen molar-refractivity contribution in [3.63, 3.8) is 0 Å². The third kappa shape index (κ3) is 6.31. The minimum absolute atomic E-state index is 0.0604. The van der Waals surface area contributed by atoms with Crippen LogP contribution in [0, 0.1) is 0 Å². The summed E-state index contributed by atoms with van der Waals surface area (Å²) in [6.07, 6.45) is 3.64. The number of hydrogen-bond donors (Lipinski definition) is 1. The van der Waals surface area contributed by atoms with Crippen LogP contribution in [0.25, 0.3) is 0 Å². The molecule has 0 unspecified atom stereocenters. The summed E-state index contributed by atoms with van der Waals surface area (Å²) in [6, 6.07) is 16.1. The molecule has 0 saturated carbocycles. The van der Waals surface area contributed by atoms with Gasteiger partial charge in [0.05, 0.1) is 19.9 Å². The molecule has 0 aliphatic carbocycles. The summed E-state index contributed by atoms with van der Waals surface area (Å²) in [5.74, 6) is 0.927. The van der Waals surface area contributed by atoms with Crippen molar-refractivity contribution in [3.05, 3.63) is 78.1 Å². The number of aromatic nitrogens is 1. The molecule has 1 fully saturated rings. The van der Waals surface area contributed by atoms with E-state index in [1.165, 1.54) is 14.2 Å². The zero-order chi connectivity index (χ0) is 25.3. The van der Waals surface area contributed by atoms with Gasteiger partial charge in [0.15, 0.2) is 18.1 Å². The number of rotatable bonds is 9. The van der Waals surface area contributed by atoms with Crippen molar-refractivity contribution < 1.29 is 23.8 Å². The number of anilines is 1. The molecular formula is C27H30N4O5. The van der Waals surface area contributed by atoms with Crippen LogP contribution in [-0.2, 0) is 11.3 Å². The first-order valence-electron chi connectivity index (χ1n) is 11.7. The minimum Gasteiger partial charge on any atom is -0.495 e. The van der Waals surface area contributed by atoms with E-state index in [1.807, 2.05) is 23.2 Å². The first-order chi connectivity index (χ1) is 17.6. The van der Waals surface area contributed by atoms with Crippen LogP contribution in [0.15, 0.2) is 67.0 Å². The summed E-state index contributed by atoms with van der Waals surface area (Å²) in [7, 11) is 3.04. The Morgan fingerprint density at radius 1 is 0.917 bits per heavy atom. The second-order valence-electron chi connectivity index (χ2n) is 8.33. The summed E-state index contributed by atoms with van der Waals surface area (Å²) in [5.41, 5.74) is 2.23. The Morgan fingerprint density at radius 3 is 2.42 bits per heavy atom. The number of amides is 2. The fourth-order valence-corrected chi connectivity index (χ4v) is 4.04. The van der Waals surface area contributed by atoms with Gasteiger partial charge in [0, 0.05) is 50.7 Å². The van der Waals surface area contributed by atoms with Crippen LogP contribution in [0.2, 0.25) is 0 Å². The van der Waals surface area contributed by atoms with Crippen molar-refractivity contribution in [1.82, 2.24) is 14.8 Å². The molecule has 36 heavy (non-hydrogen) atoms. The highest BCUT2D eigenvalue weighted by atomic mass is 16.5. The van der Waals surface area contributed by atoms with Gasteiger partial charge in [-0.2, -0.15) is 0 Å². The maximum absolute atomic E-state index is 13.1. The number of nitrogens with zero attached hydrogens (tertiary/aromatic N) is 3. The third-order valence-electron chi connectivity index (χ3n) is 5.94. The Labute approximate surface area is 210 Å². The quantitative estimate of drug-likeness (QED) is 0.493. The van der Waals surface area contributed by atoms with Crippen molar-refractivity contribution in [2.24, 2.45) is 0 Å². The third-order valence-corrected chi connectivity index (χ3v) is 5.94. The maximum Gasteiger partial charge on any atom is 0.262 e. The van der Waals surface area contributed by atoms with Crippen molar-refractivity contribution in [3.8, 4) is 17.2 Å². The van der Waals surface area contributed by atoms with E-state index in [9.17, 15) is 9.59 Å². The topological polar surface area (TPSA) is 93.2 Å². The molecule has 2 heterocycles. The van der Waals surface area contributed by atoms with E-state index in [0.717, 1.165) is 25.2 Å². The first-order valence-corrected chi connectivity index (χ1v) is 11.7. The highest BCUT2D eigenvalue weighted by molar-refractivity contribution is 5.95. The van der Waals surface area contributed by atoms with Crippen LogP contribution in [0.4, 0.5) is 5.69 Å². The molecule has 1 aliphatic rings. The molecule has 2 aromatic carbocycles. The molecule has 188 valence electrons. The predicted molar refractivity (Wildman–Crippen MR) is 136 cm³/mol. The molecular weight excluding hydrogens is 460 g/mol. The monoisotopic (exact) mass is 490 g/mol. The number of methoxy groups -OCH3 is 2. The Hall–Kier alpha value is -4.11. The molecule has 0 radical (unpaired) electrons. The van der Waals surface area contributed by atoms with Crippen molar-refractivity contribution in [2.45, 2.75) is 6.54 Å². The summed E-state index contributed by atoms with van der Waals surface area (Å²) < 4.78 is 16.4. The summed E-state index contributed by atoms with van der Waals surface area (Å²) >= 11 is 0. The Kier molecular flexibility index (Phi) is 8.36. The SMILES string of the molecule is COc1ccccc1NC(=O)COc1ccc(C(=O)N2CCN(Cc3cccnc3)CC2)cc1OC. The second kappa shape index (κ2) is 12.0. The molecule has 1 aliphatic heterocycles. The summed E-state index contributed by atoms with van der Waals surface area (Å²) in [4.78, 5) is 33.8. The van der Waals surface area contributed by atoms with Crippen LogP contribution in [0.1, 0.15) is 15.9 Å². The minimum atomic E-state index is -0.342. The standard InChI is InChI=1S/C27H30N4O5/c1-34-23-8-4-3-7-22(23)29-26(32)19-36-24-10-9-21(16-25(24)35-2)27(33)31-14-12-30(13-15-31)18-20-6-5-11-28-17-20/h3-11,16-17H,12-15,18-19H2,1-2H3,(H,29,32). The lowest BCUT2D eigenvalue weighted by Crippen LogP contribution is -2.48. The molecule has 4 rings (SSSR count). The number of ether oxygens (including phenoxy) is 3. The average molecular weight is 491 g/mol. The summed E-state index contributed by atoms with van der Waals surface area (Å²) in [6.45, 7) is 3.47. The number of pyridine rings is 1. The number of carbonyl (C=O) groups excluding carboxylic acids is 2. The van der Waals surface area contributed by atoms with E-state index in [4.69, 9.17) is 14.2 Å². The zero-order valence-corrected chi connectivity index (χ0v) is 20.5. The van der Waals surface area contributed by atoms with Gasteiger partial charge in [-0.05, 0) is 42.0 Å². The Bertz CT molecular complexity index is 1180. The average Bonchev–Trinajstić information content (AvgIpc) is 2.92. The fraction of sp³-hybridized carbons (Fsp3) is 0.296. The lowest BCUT2D eigenvalue weighted by Gasteiger charge is -2.34. The number of carbonyl (C=O) groups is 2. The first kappa shape index (κ1) is 25.0. The molecule has 0 spiro atoms. The van der Waals surface area contributed by atoms with Crippen molar-refractivity contribution >= 4 is 17.5 Å². The predicted octanol–water partition coefficient (Wildman–Crippen LogP) is 3.07. The molecule has 0 bridgehead atoms. The zero-order valence-electron chi connectivity index (χ0n) is 20.5. The lowest BCUT2D eigenvalue weighted by molar-refractivity contribution is -0.118. The van der Waals surface area contributed by atoms with E-state index in [1.54, 1.807) is 42.6 Å². The second-order valence-corrected chi connectivity index (χ2v) is 8.33. The largest absolute Gasteiger partial charge is 0.495 e. The molecule has 9 nitrogen and oxygen atoms in total. The molecule has 3 aromatic rings. The van der Waals surface area contributed by atoms with Gasteiger partial charge in [-0.15, -0.1) is 0 Å². The van der Waals surface area contributed by atoms with Crippen molar-refractivity contribution in [1.29, 1.82) is 0 Å². The number of para-hydroxylation sites is 2. The van der Waals surface area contributed by atoms with Gasteiger partial charge in [0.1, 0.15) is 5.75 Å². The van der Waals surface area contributed by atoms with Gasteiger partial charge >= 0.3 is 0 Å². The molecule has 9 heteroatoms. The molecule has 2 amide bonds. The van der Waals surface area contributed by atoms with Crippen molar-refractivity contribution in [2.75, 3.05) is 52.3 Å². The maximum atomic E-state index is 13.1. The van der Waals surface area contributed by atoms with Crippen LogP contribution < -0.4 is 19.5 Å². The normalized spacial score (nSPS) is 13.7. The molecule has 1 saturated heterocycles. The Balaban J connectivity index is 1.31. The van der Waals surface area contributed by atoms with Gasteiger partial charge in [-0.1, -0.05) is 18.2 Å². The fourth-order valence-electron chi connectivity index (χ4n) is 4.04. The van der Waals surface area contributed by atoms with Gasteiger partial charge in [0.25, 0.3) is 11.8 Å². The lowest BCUT2D eigenvalue weighted by atomic mass is 10.1. The Morgan fingerprint density at radius 2 is 1.69 bits per heavy atom. The van der Waals surface area contributed by atoms with E-state index in [0.29, 0.717) is 41.6 Å². The van der Waals surface area contributed by atoms with E-state index in [-0.39, 0.29) is 18.4 Å². The number of piperazine rings is 1. The smallest absolute Gasteiger partial charge is 0.262 e. The van der Waals surface area contributed by atoms with Gasteiger partial charge in [-0.25, -0.2) is 0 Å². The van der Waals surface area contributed by atoms with E-state index in [2.05, 4.69) is 21.3 Å². The van der Waals surface area contributed by atoms with Gasteiger partial charge in [0.2, 0.25) is 0 Å². The molecule has 1 N–H and O–H groups in total. The highest BCUT2D eigenvalue weighted by Gasteiger charge is 2.23.